The average molecular weight is 411 g/mol. The zero-order valence-electron chi connectivity index (χ0n) is 16.1. The number of nitrogens with one attached hydrogen (secondary N) is 2. The van der Waals surface area contributed by atoms with Crippen LogP contribution in [0, 0.1) is 0 Å². The quantitative estimate of drug-likeness (QED) is 0.597. The molecule has 0 saturated heterocycles. The van der Waals surface area contributed by atoms with Crippen molar-refractivity contribution >= 4 is 23.4 Å². The first-order valence-electron chi connectivity index (χ1n) is 9.39. The molecule has 29 heavy (non-hydrogen) atoms. The van der Waals surface area contributed by atoms with Crippen LogP contribution in [-0.4, -0.2) is 28.1 Å². The molecule has 0 aliphatic rings. The summed E-state index contributed by atoms with van der Waals surface area (Å²) in [4.78, 5) is 23.9. The number of amides is 2. The van der Waals surface area contributed by atoms with Gasteiger partial charge in [0.15, 0.2) is 0 Å². The molecule has 0 bridgehead atoms. The Morgan fingerprint density at radius 3 is 2.52 bits per heavy atom. The molecule has 1 atom stereocenters. The lowest BCUT2D eigenvalue weighted by Gasteiger charge is -2.18. The molecule has 0 aliphatic heterocycles. The molecule has 0 spiro atoms. The van der Waals surface area contributed by atoms with Gasteiger partial charge in [0.25, 0.3) is 0 Å². The summed E-state index contributed by atoms with van der Waals surface area (Å²) in [6.45, 7) is 1.93. The molecular formula is C22H23ClN4O2. The van der Waals surface area contributed by atoms with E-state index in [0.717, 1.165) is 16.8 Å². The Morgan fingerprint density at radius 2 is 1.83 bits per heavy atom. The molecule has 0 saturated carbocycles. The molecule has 2 aromatic carbocycles. The molecule has 1 aromatic heterocycles. The highest BCUT2D eigenvalue weighted by Crippen LogP contribution is 2.19. The molecule has 1 unspecified atom stereocenters. The summed E-state index contributed by atoms with van der Waals surface area (Å²) in [5, 5.41) is 10.7. The second-order valence-corrected chi connectivity index (χ2v) is 7.17. The Labute approximate surface area is 174 Å². The summed E-state index contributed by atoms with van der Waals surface area (Å²) in [7, 11) is 0. The topological polar surface area (TPSA) is 76.0 Å². The van der Waals surface area contributed by atoms with Crippen LogP contribution in [0.2, 0.25) is 5.02 Å². The van der Waals surface area contributed by atoms with Crippen molar-refractivity contribution in [3.05, 3.63) is 83.1 Å². The van der Waals surface area contributed by atoms with Gasteiger partial charge in [-0.2, -0.15) is 5.10 Å². The van der Waals surface area contributed by atoms with E-state index in [2.05, 4.69) is 15.7 Å². The van der Waals surface area contributed by atoms with Gasteiger partial charge >= 0.3 is 0 Å². The fourth-order valence-corrected chi connectivity index (χ4v) is 3.13. The van der Waals surface area contributed by atoms with Crippen LogP contribution in [0.1, 0.15) is 30.5 Å². The number of benzene rings is 2. The highest BCUT2D eigenvalue weighted by molar-refractivity contribution is 6.30. The molecule has 2 amide bonds. The van der Waals surface area contributed by atoms with Gasteiger partial charge in [-0.05, 0) is 41.8 Å². The van der Waals surface area contributed by atoms with Gasteiger partial charge in [-0.1, -0.05) is 41.9 Å². The Balaban J connectivity index is 1.52. The maximum absolute atomic E-state index is 12.4. The van der Waals surface area contributed by atoms with E-state index in [-0.39, 0.29) is 18.2 Å². The summed E-state index contributed by atoms with van der Waals surface area (Å²) < 4.78 is 1.81. The predicted octanol–water partition coefficient (Wildman–Crippen LogP) is 3.45. The van der Waals surface area contributed by atoms with E-state index < -0.39 is 6.04 Å². The molecule has 0 radical (unpaired) electrons. The minimum absolute atomic E-state index is 0.130. The van der Waals surface area contributed by atoms with Gasteiger partial charge in [0.05, 0.1) is 24.3 Å². The van der Waals surface area contributed by atoms with Crippen LogP contribution >= 0.6 is 11.6 Å². The molecule has 3 rings (SSSR count). The highest BCUT2D eigenvalue weighted by atomic mass is 35.5. The van der Waals surface area contributed by atoms with Gasteiger partial charge in [-0.25, -0.2) is 4.68 Å². The third kappa shape index (κ3) is 6.19. The SMILES string of the molecule is CC(=O)NC(CC(=O)NCCc1cnn(-c2ccccc2)c1)c1ccc(Cl)cc1. The van der Waals surface area contributed by atoms with E-state index >= 15 is 0 Å². The second-order valence-electron chi connectivity index (χ2n) is 6.74. The molecule has 7 heteroatoms. The van der Waals surface area contributed by atoms with Crippen LogP contribution in [-0.2, 0) is 16.0 Å². The lowest BCUT2D eigenvalue weighted by molar-refractivity contribution is -0.122. The number of nitrogens with zero attached hydrogens (tertiary/aromatic N) is 2. The molecule has 3 aromatic rings. The fraction of sp³-hybridized carbons (Fsp3) is 0.227. The number of carbonyl (C=O) groups excluding carboxylic acids is 2. The molecule has 6 nitrogen and oxygen atoms in total. The lowest BCUT2D eigenvalue weighted by Crippen LogP contribution is -2.33. The largest absolute Gasteiger partial charge is 0.356 e. The van der Waals surface area contributed by atoms with Gasteiger partial charge < -0.3 is 10.6 Å². The molecule has 0 fully saturated rings. The van der Waals surface area contributed by atoms with E-state index in [0.29, 0.717) is 18.0 Å². The van der Waals surface area contributed by atoms with Crippen molar-refractivity contribution < 1.29 is 9.59 Å². The van der Waals surface area contributed by atoms with Gasteiger partial charge in [0.1, 0.15) is 0 Å². The molecular weight excluding hydrogens is 388 g/mol. The minimum atomic E-state index is -0.398. The monoisotopic (exact) mass is 410 g/mol. The predicted molar refractivity (Wildman–Crippen MR) is 113 cm³/mol. The summed E-state index contributed by atoms with van der Waals surface area (Å²) in [5.41, 5.74) is 2.86. The number of hydrogen-bond acceptors (Lipinski definition) is 3. The number of aromatic nitrogens is 2. The van der Waals surface area contributed by atoms with Gasteiger partial charge in [0.2, 0.25) is 11.8 Å². The van der Waals surface area contributed by atoms with Crippen molar-refractivity contribution in [3.63, 3.8) is 0 Å². The highest BCUT2D eigenvalue weighted by Gasteiger charge is 2.17. The number of carbonyl (C=O) groups is 2. The van der Waals surface area contributed by atoms with E-state index in [1.54, 1.807) is 18.3 Å². The van der Waals surface area contributed by atoms with Gasteiger partial charge in [-0.3, -0.25) is 9.59 Å². The normalized spacial score (nSPS) is 11.7. The van der Waals surface area contributed by atoms with Crippen molar-refractivity contribution in [1.29, 1.82) is 0 Å². The van der Waals surface area contributed by atoms with E-state index in [4.69, 9.17) is 11.6 Å². The first-order valence-corrected chi connectivity index (χ1v) is 9.77. The van der Waals surface area contributed by atoms with Crippen LogP contribution in [0.15, 0.2) is 67.0 Å². The Morgan fingerprint density at radius 1 is 1.10 bits per heavy atom. The summed E-state index contributed by atoms with van der Waals surface area (Å²) in [6.07, 6.45) is 4.58. The van der Waals surface area contributed by atoms with Crippen LogP contribution in [0.4, 0.5) is 0 Å². The summed E-state index contributed by atoms with van der Waals surface area (Å²) in [6, 6.07) is 16.6. The molecule has 0 aliphatic carbocycles. The van der Waals surface area contributed by atoms with Crippen molar-refractivity contribution in [2.75, 3.05) is 6.54 Å². The standard InChI is InChI=1S/C22H23ClN4O2/c1-16(28)26-21(18-7-9-19(23)10-8-18)13-22(29)24-12-11-17-14-25-27(15-17)20-5-3-2-4-6-20/h2-10,14-15,21H,11-13H2,1H3,(H,24,29)(H,26,28). The van der Waals surface area contributed by atoms with E-state index in [9.17, 15) is 9.59 Å². The Kier molecular flexibility index (Phi) is 7.03. The summed E-state index contributed by atoms with van der Waals surface area (Å²) >= 11 is 5.92. The third-order valence-corrected chi connectivity index (χ3v) is 4.68. The third-order valence-electron chi connectivity index (χ3n) is 4.43. The smallest absolute Gasteiger partial charge is 0.222 e. The zero-order valence-corrected chi connectivity index (χ0v) is 16.9. The Hall–Kier alpha value is -3.12. The summed E-state index contributed by atoms with van der Waals surface area (Å²) in [5.74, 6) is -0.319. The van der Waals surface area contributed by atoms with Crippen molar-refractivity contribution in [2.45, 2.75) is 25.8 Å². The van der Waals surface area contributed by atoms with Crippen molar-refractivity contribution in [1.82, 2.24) is 20.4 Å². The zero-order chi connectivity index (χ0) is 20.6. The second kappa shape index (κ2) is 9.89. The van der Waals surface area contributed by atoms with E-state index in [1.165, 1.54) is 6.92 Å². The Bertz CT molecular complexity index is 954. The molecule has 1 heterocycles. The van der Waals surface area contributed by atoms with Crippen LogP contribution in [0.3, 0.4) is 0 Å². The fourth-order valence-electron chi connectivity index (χ4n) is 3.01. The first kappa shape index (κ1) is 20.6. The van der Waals surface area contributed by atoms with Crippen molar-refractivity contribution in [3.8, 4) is 5.69 Å². The van der Waals surface area contributed by atoms with E-state index in [1.807, 2.05) is 53.3 Å². The van der Waals surface area contributed by atoms with Crippen molar-refractivity contribution in [2.24, 2.45) is 0 Å². The first-order chi connectivity index (χ1) is 14.0. The number of hydrogen-bond donors (Lipinski definition) is 2. The maximum Gasteiger partial charge on any atom is 0.222 e. The van der Waals surface area contributed by atoms with Gasteiger partial charge in [-0.15, -0.1) is 0 Å². The minimum Gasteiger partial charge on any atom is -0.356 e. The maximum atomic E-state index is 12.4. The number of rotatable bonds is 8. The lowest BCUT2D eigenvalue weighted by atomic mass is 10.0. The molecule has 2 N–H and O–H groups in total. The number of para-hydroxylation sites is 1. The number of halogens is 1. The van der Waals surface area contributed by atoms with Gasteiger partial charge in [0, 0.05) is 24.7 Å². The van der Waals surface area contributed by atoms with Crippen LogP contribution in [0.5, 0.6) is 0 Å². The molecule has 150 valence electrons. The average Bonchev–Trinajstić information content (AvgIpc) is 3.17. The van der Waals surface area contributed by atoms with Crippen LogP contribution in [0.25, 0.3) is 5.69 Å². The van der Waals surface area contributed by atoms with Crippen LogP contribution < -0.4 is 10.6 Å².